The zero-order chi connectivity index (χ0) is 19.3. The predicted octanol–water partition coefficient (Wildman–Crippen LogP) is 1.24. The van der Waals surface area contributed by atoms with Gasteiger partial charge in [-0.15, -0.1) is 0 Å². The van der Waals surface area contributed by atoms with E-state index in [2.05, 4.69) is 15.8 Å². The largest absolute Gasteiger partial charge is 0.337 e. The highest BCUT2D eigenvalue weighted by atomic mass is 32.2. The van der Waals surface area contributed by atoms with Crippen LogP contribution in [0.5, 0.6) is 0 Å². The van der Waals surface area contributed by atoms with E-state index in [-0.39, 0.29) is 23.3 Å². The van der Waals surface area contributed by atoms with Gasteiger partial charge in [0.25, 0.3) is 5.91 Å². The molecule has 1 fully saturated rings. The minimum absolute atomic E-state index is 0.0489. The van der Waals surface area contributed by atoms with Gasteiger partial charge >= 0.3 is 0 Å². The summed E-state index contributed by atoms with van der Waals surface area (Å²) < 4.78 is 29.3. The van der Waals surface area contributed by atoms with E-state index in [1.165, 1.54) is 12.1 Å². The van der Waals surface area contributed by atoms with Crippen LogP contribution in [0.1, 0.15) is 23.2 Å². The Kier molecular flexibility index (Phi) is 5.88. The summed E-state index contributed by atoms with van der Waals surface area (Å²) in [6.07, 6.45) is 6.55. The van der Waals surface area contributed by atoms with E-state index in [1.54, 1.807) is 40.3 Å². The quantitative estimate of drug-likeness (QED) is 0.802. The molecule has 1 atom stereocenters. The molecule has 2 heterocycles. The van der Waals surface area contributed by atoms with Crippen molar-refractivity contribution in [3.05, 3.63) is 48.5 Å². The lowest BCUT2D eigenvalue weighted by Gasteiger charge is -2.29. The van der Waals surface area contributed by atoms with Gasteiger partial charge in [0, 0.05) is 44.1 Å². The SMILES string of the molecule is N#C[C@H]1CCCN(C(=O)c2cccc(S(=O)(=O)NCCn3ccnc3)c2)C1. The van der Waals surface area contributed by atoms with Crippen LogP contribution < -0.4 is 4.72 Å². The van der Waals surface area contributed by atoms with Crippen molar-refractivity contribution in [3.8, 4) is 6.07 Å². The van der Waals surface area contributed by atoms with Crippen molar-refractivity contribution in [2.75, 3.05) is 19.6 Å². The van der Waals surface area contributed by atoms with Gasteiger partial charge in [-0.1, -0.05) is 6.07 Å². The van der Waals surface area contributed by atoms with Crippen molar-refractivity contribution in [1.29, 1.82) is 5.26 Å². The molecule has 1 aliphatic heterocycles. The van der Waals surface area contributed by atoms with Gasteiger partial charge in [0.05, 0.1) is 23.2 Å². The minimum atomic E-state index is -3.72. The fourth-order valence-electron chi connectivity index (χ4n) is 3.06. The number of carbonyl (C=O) groups is 1. The number of benzene rings is 1. The average Bonchev–Trinajstić information content (AvgIpc) is 3.21. The number of rotatable bonds is 6. The molecule has 1 aromatic heterocycles. The first kappa shape index (κ1) is 19.1. The molecule has 8 nitrogen and oxygen atoms in total. The summed E-state index contributed by atoms with van der Waals surface area (Å²) in [6.45, 7) is 1.64. The molecule has 0 saturated carbocycles. The first-order chi connectivity index (χ1) is 13.0. The normalized spacial score (nSPS) is 17.4. The van der Waals surface area contributed by atoms with E-state index < -0.39 is 10.0 Å². The number of imidazole rings is 1. The van der Waals surface area contributed by atoms with Crippen molar-refractivity contribution >= 4 is 15.9 Å². The second-order valence-corrected chi connectivity index (χ2v) is 8.21. The maximum Gasteiger partial charge on any atom is 0.253 e. The number of sulfonamides is 1. The van der Waals surface area contributed by atoms with Gasteiger partial charge in [-0.05, 0) is 31.0 Å². The van der Waals surface area contributed by atoms with Gasteiger partial charge in [-0.25, -0.2) is 18.1 Å². The smallest absolute Gasteiger partial charge is 0.253 e. The van der Waals surface area contributed by atoms with Crippen LogP contribution in [0.25, 0.3) is 0 Å². The van der Waals surface area contributed by atoms with Crippen molar-refractivity contribution in [2.24, 2.45) is 5.92 Å². The Morgan fingerprint density at radius 3 is 3.00 bits per heavy atom. The van der Waals surface area contributed by atoms with Gasteiger partial charge in [0.15, 0.2) is 0 Å². The third-order valence-corrected chi connectivity index (χ3v) is 5.96. The van der Waals surface area contributed by atoms with E-state index >= 15 is 0 Å². The molecule has 9 heteroatoms. The van der Waals surface area contributed by atoms with Crippen LogP contribution in [0.2, 0.25) is 0 Å². The number of hydrogen-bond acceptors (Lipinski definition) is 5. The third-order valence-electron chi connectivity index (χ3n) is 4.50. The van der Waals surface area contributed by atoms with Crippen LogP contribution in [0.4, 0.5) is 0 Å². The van der Waals surface area contributed by atoms with E-state index in [0.717, 1.165) is 12.8 Å². The van der Waals surface area contributed by atoms with E-state index in [4.69, 9.17) is 5.26 Å². The number of nitriles is 1. The van der Waals surface area contributed by atoms with E-state index in [1.807, 2.05) is 0 Å². The summed E-state index contributed by atoms with van der Waals surface area (Å²) in [5.74, 6) is -0.412. The Morgan fingerprint density at radius 1 is 1.41 bits per heavy atom. The number of likely N-dealkylation sites (tertiary alicyclic amines) is 1. The zero-order valence-electron chi connectivity index (χ0n) is 14.8. The first-order valence-electron chi connectivity index (χ1n) is 8.74. The molecule has 0 radical (unpaired) electrons. The molecule has 1 aliphatic rings. The van der Waals surface area contributed by atoms with Crippen LogP contribution in [0, 0.1) is 17.2 Å². The molecule has 1 saturated heterocycles. The van der Waals surface area contributed by atoms with Gasteiger partial charge in [-0.2, -0.15) is 5.26 Å². The number of amides is 1. The molecule has 27 heavy (non-hydrogen) atoms. The van der Waals surface area contributed by atoms with Gasteiger partial charge in [0.2, 0.25) is 10.0 Å². The minimum Gasteiger partial charge on any atom is -0.337 e. The van der Waals surface area contributed by atoms with Gasteiger partial charge < -0.3 is 9.47 Å². The molecule has 1 amide bonds. The fourth-order valence-corrected chi connectivity index (χ4v) is 4.12. The molecule has 1 N–H and O–H groups in total. The molecule has 0 unspecified atom stereocenters. The van der Waals surface area contributed by atoms with Crippen LogP contribution in [-0.2, 0) is 16.6 Å². The Balaban J connectivity index is 1.68. The second kappa shape index (κ2) is 8.33. The number of hydrogen-bond donors (Lipinski definition) is 1. The Morgan fingerprint density at radius 2 is 2.26 bits per heavy atom. The molecule has 2 aromatic rings. The molecule has 0 spiro atoms. The predicted molar refractivity (Wildman–Crippen MR) is 98.1 cm³/mol. The Labute approximate surface area is 158 Å². The van der Waals surface area contributed by atoms with Crippen LogP contribution in [0.3, 0.4) is 0 Å². The average molecular weight is 387 g/mol. The standard InChI is InChI=1S/C18H21N5O3S/c19-12-15-3-2-8-23(13-15)18(24)16-4-1-5-17(11-16)27(25,26)21-7-10-22-9-6-20-14-22/h1,4-6,9,11,14-15,21H,2-3,7-8,10,13H2/t15-/m1/s1. The monoisotopic (exact) mass is 387 g/mol. The fraction of sp³-hybridized carbons (Fsp3) is 0.389. The molecule has 142 valence electrons. The van der Waals surface area contributed by atoms with Crippen molar-refractivity contribution in [2.45, 2.75) is 24.3 Å². The van der Waals surface area contributed by atoms with Crippen molar-refractivity contribution < 1.29 is 13.2 Å². The molecule has 1 aromatic carbocycles. The Bertz CT molecular complexity index is 934. The molecular formula is C18H21N5O3S. The lowest BCUT2D eigenvalue weighted by Crippen LogP contribution is -2.39. The molecular weight excluding hydrogens is 366 g/mol. The lowest BCUT2D eigenvalue weighted by molar-refractivity contribution is 0.0698. The van der Waals surface area contributed by atoms with Crippen LogP contribution >= 0.6 is 0 Å². The number of nitrogens with one attached hydrogen (secondary N) is 1. The molecule has 0 bridgehead atoms. The summed E-state index contributed by atoms with van der Waals surface area (Å²) in [7, 11) is -3.72. The zero-order valence-corrected chi connectivity index (χ0v) is 15.6. The number of piperidine rings is 1. The highest BCUT2D eigenvalue weighted by Gasteiger charge is 2.25. The summed E-state index contributed by atoms with van der Waals surface area (Å²) >= 11 is 0. The third kappa shape index (κ3) is 4.72. The van der Waals surface area contributed by atoms with E-state index in [0.29, 0.717) is 25.2 Å². The summed E-state index contributed by atoms with van der Waals surface area (Å²) in [5, 5.41) is 9.08. The Hall–Kier alpha value is -2.70. The first-order valence-corrected chi connectivity index (χ1v) is 10.2. The summed E-state index contributed by atoms with van der Waals surface area (Å²) in [5.41, 5.74) is 0.311. The summed E-state index contributed by atoms with van der Waals surface area (Å²) in [6, 6.07) is 8.21. The summed E-state index contributed by atoms with van der Waals surface area (Å²) in [4.78, 5) is 18.3. The highest BCUT2D eigenvalue weighted by Crippen LogP contribution is 2.19. The highest BCUT2D eigenvalue weighted by molar-refractivity contribution is 7.89. The maximum atomic E-state index is 12.7. The second-order valence-electron chi connectivity index (χ2n) is 6.45. The lowest BCUT2D eigenvalue weighted by atomic mass is 9.99. The van der Waals surface area contributed by atoms with Gasteiger partial charge in [0.1, 0.15) is 0 Å². The van der Waals surface area contributed by atoms with Crippen LogP contribution in [0.15, 0.2) is 47.9 Å². The van der Waals surface area contributed by atoms with Crippen molar-refractivity contribution in [3.63, 3.8) is 0 Å². The van der Waals surface area contributed by atoms with Gasteiger partial charge in [-0.3, -0.25) is 4.79 Å². The molecule has 0 aliphatic carbocycles. The topological polar surface area (TPSA) is 108 Å². The van der Waals surface area contributed by atoms with Crippen LogP contribution in [-0.4, -0.2) is 48.4 Å². The maximum absolute atomic E-state index is 12.7. The van der Waals surface area contributed by atoms with Crippen molar-refractivity contribution in [1.82, 2.24) is 19.2 Å². The number of nitrogens with zero attached hydrogens (tertiary/aromatic N) is 4. The number of carbonyl (C=O) groups excluding carboxylic acids is 1. The molecule has 3 rings (SSSR count). The number of aromatic nitrogens is 2. The van der Waals surface area contributed by atoms with E-state index in [9.17, 15) is 13.2 Å².